The Kier molecular flexibility index (Phi) is 4.69. The molecule has 1 fully saturated rings. The number of allylic oxidation sites excluding steroid dienone is 2. The summed E-state index contributed by atoms with van der Waals surface area (Å²) in [7, 11) is 0. The second kappa shape index (κ2) is 6.10. The summed E-state index contributed by atoms with van der Waals surface area (Å²) in [4.78, 5) is 11.6. The summed E-state index contributed by atoms with van der Waals surface area (Å²) in [6.07, 6.45) is 1.95. The summed E-state index contributed by atoms with van der Waals surface area (Å²) in [6.45, 7) is 4.16. The molecule has 0 aliphatic heterocycles. The Morgan fingerprint density at radius 3 is 2.43 bits per heavy atom. The Bertz CT molecular complexity index is 634. The van der Waals surface area contributed by atoms with Gasteiger partial charge >= 0.3 is 0 Å². The second-order valence-corrected chi connectivity index (χ2v) is 6.09. The maximum atomic E-state index is 14.1. The first-order chi connectivity index (χ1) is 10.6. The Morgan fingerprint density at radius 1 is 1.26 bits per heavy atom. The van der Waals surface area contributed by atoms with E-state index < -0.39 is 23.7 Å². The highest BCUT2D eigenvalue weighted by molar-refractivity contribution is 5.94. The van der Waals surface area contributed by atoms with Gasteiger partial charge in [-0.3, -0.25) is 4.79 Å². The van der Waals surface area contributed by atoms with Crippen LogP contribution in [0, 0.1) is 5.92 Å². The molecular formula is C18H20F4O. The molecule has 1 aromatic carbocycles. The fourth-order valence-electron chi connectivity index (χ4n) is 2.86. The minimum Gasteiger partial charge on any atom is -0.295 e. The third-order valence-electron chi connectivity index (χ3n) is 4.36. The molecular weight excluding hydrogens is 308 g/mol. The normalized spacial score (nSPS) is 21.7. The zero-order valence-electron chi connectivity index (χ0n) is 13.4. The molecule has 23 heavy (non-hydrogen) atoms. The van der Waals surface area contributed by atoms with Crippen molar-refractivity contribution in [1.82, 2.24) is 0 Å². The quantitative estimate of drug-likeness (QED) is 0.371. The van der Waals surface area contributed by atoms with Crippen molar-refractivity contribution < 1.29 is 22.4 Å². The molecule has 0 amide bonds. The van der Waals surface area contributed by atoms with Gasteiger partial charge in [0.05, 0.1) is 0 Å². The first-order valence-electron chi connectivity index (χ1n) is 7.68. The van der Waals surface area contributed by atoms with Crippen LogP contribution in [0.15, 0.2) is 30.4 Å². The fraction of sp³-hybridized carbons (Fsp3) is 0.500. The van der Waals surface area contributed by atoms with Crippen molar-refractivity contribution >= 4 is 5.78 Å². The molecule has 1 nitrogen and oxygen atoms in total. The van der Waals surface area contributed by atoms with E-state index in [1.165, 1.54) is 39.0 Å². The zero-order valence-corrected chi connectivity index (χ0v) is 13.4. The molecule has 2 atom stereocenters. The van der Waals surface area contributed by atoms with E-state index in [1.54, 1.807) is 0 Å². The first-order valence-corrected chi connectivity index (χ1v) is 7.68. The maximum absolute atomic E-state index is 14.1. The van der Waals surface area contributed by atoms with Gasteiger partial charge in [0.15, 0.2) is 5.78 Å². The van der Waals surface area contributed by atoms with Crippen molar-refractivity contribution in [2.24, 2.45) is 5.92 Å². The van der Waals surface area contributed by atoms with Crippen molar-refractivity contribution in [3.63, 3.8) is 0 Å². The fourth-order valence-corrected chi connectivity index (χ4v) is 2.86. The predicted octanol–water partition coefficient (Wildman–Crippen LogP) is 5.71. The van der Waals surface area contributed by atoms with Crippen LogP contribution >= 0.6 is 0 Å². The molecule has 2 rings (SSSR count). The molecule has 0 N–H and O–H groups in total. The Morgan fingerprint density at radius 2 is 1.91 bits per heavy atom. The van der Waals surface area contributed by atoms with Crippen LogP contribution in [0.4, 0.5) is 17.6 Å². The smallest absolute Gasteiger partial charge is 0.291 e. The number of Topliss-reactive ketones (excluding diaryl/α,β-unsaturated/α-hetero) is 1. The lowest BCUT2D eigenvalue weighted by atomic mass is 9.95. The van der Waals surface area contributed by atoms with Gasteiger partial charge in [-0.05, 0) is 56.0 Å². The van der Waals surface area contributed by atoms with Crippen LogP contribution in [-0.2, 0) is 5.92 Å². The zero-order chi connectivity index (χ0) is 17.4. The van der Waals surface area contributed by atoms with Crippen molar-refractivity contribution in [3.8, 4) is 0 Å². The highest BCUT2D eigenvalue weighted by Gasteiger charge is 2.54. The first kappa shape index (κ1) is 17.7. The summed E-state index contributed by atoms with van der Waals surface area (Å²) in [5.41, 5.74) is 0.200. The average molecular weight is 328 g/mol. The van der Waals surface area contributed by atoms with Crippen molar-refractivity contribution in [2.45, 2.75) is 51.4 Å². The number of benzene rings is 1. The van der Waals surface area contributed by atoms with Crippen LogP contribution in [0.2, 0.25) is 0 Å². The third kappa shape index (κ3) is 3.65. The number of carbonyl (C=O) groups is 1. The van der Waals surface area contributed by atoms with Gasteiger partial charge in [-0.15, -0.1) is 0 Å². The Balaban J connectivity index is 2.42. The highest BCUT2D eigenvalue weighted by atomic mass is 19.3. The summed E-state index contributed by atoms with van der Waals surface area (Å²) < 4.78 is 55.8. The van der Waals surface area contributed by atoms with Crippen LogP contribution in [0.1, 0.15) is 61.0 Å². The highest BCUT2D eigenvalue weighted by Crippen LogP contribution is 2.57. The summed E-state index contributed by atoms with van der Waals surface area (Å²) >= 11 is 0. The van der Waals surface area contributed by atoms with Crippen LogP contribution in [0.25, 0.3) is 0 Å². The third-order valence-corrected chi connectivity index (χ3v) is 4.36. The molecule has 2 unspecified atom stereocenters. The second-order valence-electron chi connectivity index (χ2n) is 6.09. The van der Waals surface area contributed by atoms with E-state index in [2.05, 4.69) is 0 Å². The summed E-state index contributed by atoms with van der Waals surface area (Å²) in [5.74, 6) is -7.69. The van der Waals surface area contributed by atoms with E-state index in [0.717, 1.165) is 12.1 Å². The number of carbonyl (C=O) groups excluding carboxylic acids is 1. The molecule has 1 saturated carbocycles. The number of hydrogen-bond donors (Lipinski definition) is 0. The van der Waals surface area contributed by atoms with E-state index in [0.29, 0.717) is 5.56 Å². The monoisotopic (exact) mass is 328 g/mol. The lowest BCUT2D eigenvalue weighted by Gasteiger charge is -2.17. The number of hydrogen-bond acceptors (Lipinski definition) is 1. The molecule has 1 aromatic rings. The van der Waals surface area contributed by atoms with E-state index in [9.17, 15) is 22.4 Å². The topological polar surface area (TPSA) is 17.1 Å². The number of rotatable bonds is 6. The van der Waals surface area contributed by atoms with Gasteiger partial charge in [0, 0.05) is 23.5 Å². The maximum Gasteiger partial charge on any atom is 0.291 e. The van der Waals surface area contributed by atoms with Gasteiger partial charge in [0.2, 0.25) is 0 Å². The van der Waals surface area contributed by atoms with E-state index in [4.69, 9.17) is 0 Å². The van der Waals surface area contributed by atoms with Gasteiger partial charge in [-0.2, -0.15) is 8.78 Å². The van der Waals surface area contributed by atoms with Crippen LogP contribution in [0.5, 0.6) is 0 Å². The van der Waals surface area contributed by atoms with Crippen molar-refractivity contribution in [2.75, 3.05) is 0 Å². The standard InChI is InChI=1S/C18H20F4O/c1-4-6-18(21,22)14-8-12(11(3)23)7-13(9-14)15-10-16(15)17(19,20)5-2/h4,6-9,15-16H,5,10H2,1-3H3/b6-4+. The lowest BCUT2D eigenvalue weighted by Crippen LogP contribution is -2.18. The van der Waals surface area contributed by atoms with Crippen LogP contribution in [-0.4, -0.2) is 11.7 Å². The Labute approximate surface area is 133 Å². The summed E-state index contributed by atoms with van der Waals surface area (Å²) in [5, 5.41) is 0. The van der Waals surface area contributed by atoms with E-state index >= 15 is 0 Å². The largest absolute Gasteiger partial charge is 0.295 e. The summed E-state index contributed by atoms with van der Waals surface area (Å²) in [6, 6.07) is 3.86. The number of ketones is 1. The van der Waals surface area contributed by atoms with Crippen molar-refractivity contribution in [1.29, 1.82) is 0 Å². The molecule has 0 aromatic heterocycles. The van der Waals surface area contributed by atoms with Gasteiger partial charge < -0.3 is 0 Å². The Hall–Kier alpha value is -1.65. The molecule has 0 spiro atoms. The minimum absolute atomic E-state index is 0.132. The molecule has 1 aliphatic carbocycles. The van der Waals surface area contributed by atoms with Gasteiger partial charge in [-0.25, -0.2) is 8.78 Å². The molecule has 0 bridgehead atoms. The predicted molar refractivity (Wildman–Crippen MR) is 81.2 cm³/mol. The SMILES string of the molecule is C/C=C/C(F)(F)c1cc(C(C)=O)cc(C2CC2C(F)(F)CC)c1. The molecule has 0 radical (unpaired) electrons. The number of alkyl halides is 4. The van der Waals surface area contributed by atoms with E-state index in [1.807, 2.05) is 0 Å². The van der Waals surface area contributed by atoms with Crippen LogP contribution < -0.4 is 0 Å². The molecule has 0 heterocycles. The molecule has 1 aliphatic rings. The van der Waals surface area contributed by atoms with Gasteiger partial charge in [0.25, 0.3) is 11.8 Å². The van der Waals surface area contributed by atoms with Gasteiger partial charge in [-0.1, -0.05) is 13.0 Å². The average Bonchev–Trinajstić information content (AvgIpc) is 3.28. The van der Waals surface area contributed by atoms with Gasteiger partial charge in [0.1, 0.15) is 0 Å². The molecule has 5 heteroatoms. The van der Waals surface area contributed by atoms with Crippen LogP contribution in [0.3, 0.4) is 0 Å². The lowest BCUT2D eigenvalue weighted by molar-refractivity contribution is -0.0278. The minimum atomic E-state index is -3.23. The molecule has 126 valence electrons. The van der Waals surface area contributed by atoms with E-state index in [-0.39, 0.29) is 29.8 Å². The van der Waals surface area contributed by atoms with Crippen molar-refractivity contribution in [3.05, 3.63) is 47.0 Å². The number of halogens is 4. The molecule has 0 saturated heterocycles.